The highest BCUT2D eigenvalue weighted by Gasteiger charge is 2.36. The SMILES string of the molecule is CC(C)(C)OC(=O)N1CCn2c(nc(C(N)=O)c(O)c2=O)C1CO. The molecule has 1 aromatic rings. The smallest absolute Gasteiger partial charge is 0.411 e. The van der Waals surface area contributed by atoms with Crippen molar-refractivity contribution in [1.29, 1.82) is 0 Å². The van der Waals surface area contributed by atoms with Crippen molar-refractivity contribution >= 4 is 12.0 Å². The minimum Gasteiger partial charge on any atom is -0.501 e. The Morgan fingerprint density at radius 2 is 2.00 bits per heavy atom. The molecule has 1 aliphatic rings. The Hall–Kier alpha value is -2.62. The lowest BCUT2D eigenvalue weighted by molar-refractivity contribution is 0.00105. The summed E-state index contributed by atoms with van der Waals surface area (Å²) >= 11 is 0. The Morgan fingerprint density at radius 3 is 2.50 bits per heavy atom. The third-order valence-corrected chi connectivity index (χ3v) is 3.45. The molecule has 0 aliphatic carbocycles. The van der Waals surface area contributed by atoms with Crippen molar-refractivity contribution in [3.05, 3.63) is 21.9 Å². The van der Waals surface area contributed by atoms with Gasteiger partial charge in [0, 0.05) is 13.1 Å². The van der Waals surface area contributed by atoms with Crippen LogP contribution in [0.1, 0.15) is 43.1 Å². The number of ether oxygens (including phenoxy) is 1. The van der Waals surface area contributed by atoms with Crippen LogP contribution in [0.25, 0.3) is 0 Å². The average Bonchev–Trinajstić information content (AvgIpc) is 2.47. The predicted octanol–water partition coefficient (Wildman–Crippen LogP) is -0.668. The second-order valence-corrected chi connectivity index (χ2v) is 6.36. The van der Waals surface area contributed by atoms with Crippen LogP contribution in [-0.2, 0) is 11.3 Å². The van der Waals surface area contributed by atoms with Crippen molar-refractivity contribution in [2.45, 2.75) is 39.0 Å². The van der Waals surface area contributed by atoms with E-state index in [2.05, 4.69) is 4.98 Å². The monoisotopic (exact) mass is 340 g/mol. The number of amides is 2. The summed E-state index contributed by atoms with van der Waals surface area (Å²) in [6.45, 7) is 4.65. The van der Waals surface area contributed by atoms with Crippen LogP contribution in [0.2, 0.25) is 0 Å². The first-order valence-corrected chi connectivity index (χ1v) is 7.30. The number of carbonyl (C=O) groups is 2. The van der Waals surface area contributed by atoms with Gasteiger partial charge in [-0.15, -0.1) is 0 Å². The summed E-state index contributed by atoms with van der Waals surface area (Å²) in [4.78, 5) is 40.9. The molecule has 10 nitrogen and oxygen atoms in total. The number of aromatic hydroxyl groups is 1. The van der Waals surface area contributed by atoms with Gasteiger partial charge in [0.05, 0.1) is 6.61 Å². The van der Waals surface area contributed by atoms with Gasteiger partial charge in [-0.2, -0.15) is 0 Å². The van der Waals surface area contributed by atoms with Gasteiger partial charge in [0.2, 0.25) is 5.75 Å². The number of carbonyl (C=O) groups excluding carboxylic acids is 2. The Kier molecular flexibility index (Phi) is 4.52. The molecular formula is C14H20N4O6. The third kappa shape index (κ3) is 3.18. The fraction of sp³-hybridized carbons (Fsp3) is 0.571. The van der Waals surface area contributed by atoms with Gasteiger partial charge in [-0.1, -0.05) is 0 Å². The molecule has 0 spiro atoms. The Labute approximate surface area is 137 Å². The van der Waals surface area contributed by atoms with Crippen molar-refractivity contribution in [2.24, 2.45) is 5.73 Å². The van der Waals surface area contributed by atoms with E-state index in [1.165, 1.54) is 4.90 Å². The zero-order chi connectivity index (χ0) is 18.2. The average molecular weight is 340 g/mol. The van der Waals surface area contributed by atoms with E-state index in [0.717, 1.165) is 4.57 Å². The second-order valence-electron chi connectivity index (χ2n) is 6.36. The van der Waals surface area contributed by atoms with Crippen LogP contribution in [0.3, 0.4) is 0 Å². The van der Waals surface area contributed by atoms with Crippen LogP contribution >= 0.6 is 0 Å². The lowest BCUT2D eigenvalue weighted by Gasteiger charge is -2.36. The molecule has 0 bridgehead atoms. The molecule has 0 fully saturated rings. The largest absolute Gasteiger partial charge is 0.501 e. The maximum atomic E-state index is 12.3. The number of nitrogens with two attached hydrogens (primary N) is 1. The number of aliphatic hydroxyl groups excluding tert-OH is 1. The number of aliphatic hydroxyl groups is 1. The first kappa shape index (κ1) is 17.7. The van der Waals surface area contributed by atoms with Gasteiger partial charge >= 0.3 is 6.09 Å². The quantitative estimate of drug-likeness (QED) is 0.646. The lowest BCUT2D eigenvalue weighted by atomic mass is 10.1. The van der Waals surface area contributed by atoms with Gasteiger partial charge in [-0.25, -0.2) is 9.78 Å². The van der Waals surface area contributed by atoms with Crippen LogP contribution in [-0.4, -0.2) is 55.4 Å². The highest BCUT2D eigenvalue weighted by molar-refractivity contribution is 5.93. The fourth-order valence-corrected chi connectivity index (χ4v) is 2.43. The summed E-state index contributed by atoms with van der Waals surface area (Å²) in [5, 5.41) is 19.4. The van der Waals surface area contributed by atoms with Gasteiger partial charge < -0.3 is 20.7 Å². The topological polar surface area (TPSA) is 148 Å². The van der Waals surface area contributed by atoms with Gasteiger partial charge in [0.15, 0.2) is 5.69 Å². The Bertz CT molecular complexity index is 736. The molecule has 2 heterocycles. The first-order chi connectivity index (χ1) is 11.1. The minimum absolute atomic E-state index is 0.0313. The molecule has 2 rings (SSSR count). The van der Waals surface area contributed by atoms with E-state index in [1.54, 1.807) is 20.8 Å². The zero-order valence-corrected chi connectivity index (χ0v) is 13.6. The van der Waals surface area contributed by atoms with Crippen LogP contribution in [0.15, 0.2) is 4.79 Å². The van der Waals surface area contributed by atoms with Gasteiger partial charge in [-0.05, 0) is 20.8 Å². The third-order valence-electron chi connectivity index (χ3n) is 3.45. The van der Waals surface area contributed by atoms with E-state index in [-0.39, 0.29) is 18.9 Å². The highest BCUT2D eigenvalue weighted by atomic mass is 16.6. The van der Waals surface area contributed by atoms with Gasteiger partial charge in [0.25, 0.3) is 11.5 Å². The number of fused-ring (bicyclic) bond motifs is 1. The van der Waals surface area contributed by atoms with Crippen molar-refractivity contribution in [1.82, 2.24) is 14.5 Å². The molecule has 10 heteroatoms. The Morgan fingerprint density at radius 1 is 1.38 bits per heavy atom. The number of aromatic nitrogens is 2. The van der Waals surface area contributed by atoms with Crippen LogP contribution in [0.4, 0.5) is 4.79 Å². The van der Waals surface area contributed by atoms with Crippen LogP contribution in [0.5, 0.6) is 5.75 Å². The van der Waals surface area contributed by atoms with E-state index >= 15 is 0 Å². The number of primary amides is 1. The molecule has 0 aromatic carbocycles. The summed E-state index contributed by atoms with van der Waals surface area (Å²) < 4.78 is 6.38. The second kappa shape index (κ2) is 6.11. The standard InChI is InChI=1S/C14H20N4O6/c1-14(2,3)24-13(23)17-4-5-18-11(7(17)6-19)16-8(10(15)21)9(20)12(18)22/h7,19-20H,4-6H2,1-3H3,(H2,15,21). The normalized spacial score (nSPS) is 17.3. The minimum atomic E-state index is -1.08. The van der Waals surface area contributed by atoms with E-state index in [0.29, 0.717) is 0 Å². The molecule has 24 heavy (non-hydrogen) atoms. The predicted molar refractivity (Wildman–Crippen MR) is 81.4 cm³/mol. The van der Waals surface area contributed by atoms with Crippen molar-refractivity contribution in [3.63, 3.8) is 0 Å². The summed E-state index contributed by atoms with van der Waals surface area (Å²) in [6, 6.07) is -1.00. The van der Waals surface area contributed by atoms with Gasteiger partial charge in [-0.3, -0.25) is 19.1 Å². The van der Waals surface area contributed by atoms with E-state index in [4.69, 9.17) is 10.5 Å². The molecular weight excluding hydrogens is 320 g/mol. The van der Waals surface area contributed by atoms with Crippen molar-refractivity contribution in [2.75, 3.05) is 13.2 Å². The molecule has 1 atom stereocenters. The molecule has 0 radical (unpaired) electrons. The first-order valence-electron chi connectivity index (χ1n) is 7.30. The maximum Gasteiger partial charge on any atom is 0.411 e. The van der Waals surface area contributed by atoms with E-state index in [1.807, 2.05) is 0 Å². The zero-order valence-electron chi connectivity index (χ0n) is 13.6. The maximum absolute atomic E-state index is 12.3. The number of rotatable bonds is 2. The summed E-state index contributed by atoms with van der Waals surface area (Å²) in [5.41, 5.74) is 2.91. The summed E-state index contributed by atoms with van der Waals surface area (Å²) in [7, 11) is 0. The lowest BCUT2D eigenvalue weighted by Crippen LogP contribution is -2.49. The Balaban J connectivity index is 2.50. The molecule has 1 aromatic heterocycles. The molecule has 1 aliphatic heterocycles. The van der Waals surface area contributed by atoms with Crippen molar-refractivity contribution in [3.8, 4) is 5.75 Å². The number of hydrogen-bond donors (Lipinski definition) is 3. The summed E-state index contributed by atoms with van der Waals surface area (Å²) in [5.74, 6) is -1.97. The number of nitrogens with zero attached hydrogens (tertiary/aromatic N) is 3. The fourth-order valence-electron chi connectivity index (χ4n) is 2.43. The molecule has 0 saturated carbocycles. The molecule has 4 N–H and O–H groups in total. The van der Waals surface area contributed by atoms with Crippen LogP contribution < -0.4 is 11.3 Å². The highest BCUT2D eigenvalue weighted by Crippen LogP contribution is 2.26. The molecule has 2 amide bonds. The summed E-state index contributed by atoms with van der Waals surface area (Å²) in [6.07, 6.45) is -0.684. The molecule has 0 saturated heterocycles. The van der Waals surface area contributed by atoms with E-state index in [9.17, 15) is 24.6 Å². The van der Waals surface area contributed by atoms with Gasteiger partial charge in [0.1, 0.15) is 17.5 Å². The number of hydrogen-bond acceptors (Lipinski definition) is 7. The molecule has 132 valence electrons. The van der Waals surface area contributed by atoms with E-state index < -0.39 is 47.3 Å². The van der Waals surface area contributed by atoms with Crippen molar-refractivity contribution < 1.29 is 24.5 Å². The molecule has 1 unspecified atom stereocenters. The van der Waals surface area contributed by atoms with Crippen LogP contribution in [0, 0.1) is 0 Å².